The number of rotatable bonds is 10. The number of para-hydroxylation sites is 1. The molecule has 0 spiro atoms. The molecule has 1 aromatic heterocycles. The van der Waals surface area contributed by atoms with E-state index in [-0.39, 0.29) is 11.5 Å². The lowest BCUT2D eigenvalue weighted by atomic mass is 10.1. The molecule has 0 unspecified atom stereocenters. The third kappa shape index (κ3) is 5.34. The Kier molecular flexibility index (Phi) is 8.01. The topological polar surface area (TPSA) is 71.0 Å². The number of ether oxygens (including phenoxy) is 4. The number of aryl methyl sites for hydroxylation is 1. The van der Waals surface area contributed by atoms with Crippen LogP contribution in [0.5, 0.6) is 23.0 Å². The summed E-state index contributed by atoms with van der Waals surface area (Å²) in [7, 11) is 7.91. The lowest BCUT2D eigenvalue weighted by molar-refractivity contribution is 0.104. The van der Waals surface area contributed by atoms with Gasteiger partial charge in [-0.05, 0) is 29.8 Å². The number of nitrogens with one attached hydrogen (secondary N) is 1. The maximum Gasteiger partial charge on any atom is 0.203 e. The zero-order valence-electron chi connectivity index (χ0n) is 21.9. The van der Waals surface area contributed by atoms with E-state index in [1.165, 1.54) is 52.8 Å². The summed E-state index contributed by atoms with van der Waals surface area (Å²) in [6, 6.07) is 14.2. The minimum absolute atomic E-state index is 0.0752. The highest BCUT2D eigenvalue weighted by Gasteiger charge is 2.14. The maximum atomic E-state index is 14.6. The molecular weight excluding hydrogens is 487 g/mol. The van der Waals surface area contributed by atoms with Crippen LogP contribution in [0.15, 0.2) is 67.0 Å². The van der Waals surface area contributed by atoms with Crippen LogP contribution >= 0.6 is 0 Å². The summed E-state index contributed by atoms with van der Waals surface area (Å²) in [5.41, 5.74) is 3.41. The highest BCUT2D eigenvalue weighted by Crippen LogP contribution is 2.39. The number of anilines is 1. The minimum atomic E-state index is -0.515. The molecule has 4 aromatic rings. The van der Waals surface area contributed by atoms with E-state index in [1.807, 2.05) is 42.1 Å². The van der Waals surface area contributed by atoms with Crippen molar-refractivity contribution in [3.05, 3.63) is 89.5 Å². The molecule has 0 amide bonds. The van der Waals surface area contributed by atoms with Gasteiger partial charge in [-0.2, -0.15) is 0 Å². The van der Waals surface area contributed by atoms with Crippen molar-refractivity contribution in [2.75, 3.05) is 33.8 Å². The van der Waals surface area contributed by atoms with Crippen LogP contribution in [0.3, 0.4) is 0 Å². The van der Waals surface area contributed by atoms with Crippen molar-refractivity contribution in [1.29, 1.82) is 0 Å². The molecule has 0 fully saturated rings. The first kappa shape index (κ1) is 26.3. The van der Waals surface area contributed by atoms with Gasteiger partial charge in [-0.1, -0.05) is 30.4 Å². The van der Waals surface area contributed by atoms with E-state index in [2.05, 4.69) is 5.32 Å². The van der Waals surface area contributed by atoms with Gasteiger partial charge in [-0.25, -0.2) is 4.39 Å². The molecule has 7 nitrogen and oxygen atoms in total. The van der Waals surface area contributed by atoms with Crippen LogP contribution in [0, 0.1) is 5.82 Å². The van der Waals surface area contributed by atoms with Gasteiger partial charge >= 0.3 is 0 Å². The number of hydrogen-bond donors (Lipinski definition) is 1. The number of carbonyl (C=O) groups is 1. The van der Waals surface area contributed by atoms with E-state index in [0.717, 1.165) is 16.5 Å². The molecule has 0 saturated heterocycles. The molecule has 8 heteroatoms. The smallest absolute Gasteiger partial charge is 0.203 e. The van der Waals surface area contributed by atoms with Gasteiger partial charge < -0.3 is 28.8 Å². The number of benzene rings is 3. The normalized spacial score (nSPS) is 11.3. The van der Waals surface area contributed by atoms with E-state index in [9.17, 15) is 9.18 Å². The number of nitrogens with zero attached hydrogens (tertiary/aromatic N) is 1. The number of aromatic nitrogens is 1. The zero-order valence-corrected chi connectivity index (χ0v) is 21.9. The number of methoxy groups -OCH3 is 4. The second kappa shape index (κ2) is 11.6. The first-order valence-electron chi connectivity index (χ1n) is 11.8. The van der Waals surface area contributed by atoms with Crippen molar-refractivity contribution in [2.45, 2.75) is 0 Å². The summed E-state index contributed by atoms with van der Waals surface area (Å²) in [4.78, 5) is 12.9. The van der Waals surface area contributed by atoms with Crippen molar-refractivity contribution in [3.63, 3.8) is 0 Å². The Labute approximate surface area is 220 Å². The Bertz CT molecular complexity index is 1510. The molecule has 0 radical (unpaired) electrons. The lowest BCUT2D eigenvalue weighted by Crippen LogP contribution is -1.98. The average Bonchev–Trinajstić information content (AvgIpc) is 3.28. The van der Waals surface area contributed by atoms with Crippen LogP contribution in [-0.2, 0) is 7.05 Å². The summed E-state index contributed by atoms with van der Waals surface area (Å²) in [6.07, 6.45) is 8.33. The number of halogens is 1. The third-order valence-corrected chi connectivity index (χ3v) is 6.10. The molecule has 4 rings (SSSR count). The lowest BCUT2D eigenvalue weighted by Gasteiger charge is -2.13. The van der Waals surface area contributed by atoms with E-state index >= 15 is 0 Å². The van der Waals surface area contributed by atoms with Gasteiger partial charge in [0.2, 0.25) is 5.75 Å². The molecule has 196 valence electrons. The van der Waals surface area contributed by atoms with E-state index in [0.29, 0.717) is 34.1 Å². The average molecular weight is 517 g/mol. The SMILES string of the molecule is COc1cc(NC=CC(=O)c2cn(C)c3ccccc23)c(C=Cc2cc(OC)c(OC)c(OC)c2)cc1F. The van der Waals surface area contributed by atoms with Crippen molar-refractivity contribution in [2.24, 2.45) is 7.05 Å². The van der Waals surface area contributed by atoms with Gasteiger partial charge in [0.05, 0.1) is 28.4 Å². The fourth-order valence-electron chi connectivity index (χ4n) is 4.21. The molecular formula is C30H29FN2O5. The van der Waals surface area contributed by atoms with Crippen LogP contribution in [0.4, 0.5) is 10.1 Å². The van der Waals surface area contributed by atoms with Crippen LogP contribution in [0.2, 0.25) is 0 Å². The molecule has 3 aromatic carbocycles. The van der Waals surface area contributed by atoms with Gasteiger partial charge in [0, 0.05) is 59.3 Å². The van der Waals surface area contributed by atoms with Crippen LogP contribution in [0.25, 0.3) is 23.1 Å². The molecule has 0 aliphatic rings. The molecule has 0 aliphatic heterocycles. The van der Waals surface area contributed by atoms with Gasteiger partial charge in [0.15, 0.2) is 28.8 Å². The second-order valence-corrected chi connectivity index (χ2v) is 8.38. The van der Waals surface area contributed by atoms with Crippen molar-refractivity contribution in [1.82, 2.24) is 4.57 Å². The van der Waals surface area contributed by atoms with Gasteiger partial charge in [-0.15, -0.1) is 0 Å². The van der Waals surface area contributed by atoms with Crippen LogP contribution in [-0.4, -0.2) is 38.8 Å². The van der Waals surface area contributed by atoms with Crippen molar-refractivity contribution >= 4 is 34.5 Å². The van der Waals surface area contributed by atoms with E-state index in [4.69, 9.17) is 18.9 Å². The standard InChI is InChI=1S/C30H29FN2O5/c1-33-18-22(21-8-6-7-9-25(21)33)26(34)12-13-32-24-17-27(35-2)23(31)16-20(24)11-10-19-14-28(36-3)30(38-5)29(15-19)37-4/h6-18,32H,1-5H3. The summed E-state index contributed by atoms with van der Waals surface area (Å²) in [5, 5.41) is 3.97. The number of hydrogen-bond acceptors (Lipinski definition) is 6. The van der Waals surface area contributed by atoms with Crippen molar-refractivity contribution in [3.8, 4) is 23.0 Å². The monoisotopic (exact) mass is 516 g/mol. The highest BCUT2D eigenvalue weighted by atomic mass is 19.1. The predicted octanol–water partition coefficient (Wildman–Crippen LogP) is 6.33. The first-order valence-corrected chi connectivity index (χ1v) is 11.8. The van der Waals surface area contributed by atoms with E-state index in [1.54, 1.807) is 24.3 Å². The van der Waals surface area contributed by atoms with Crippen LogP contribution in [0.1, 0.15) is 21.5 Å². The Morgan fingerprint density at radius 2 is 1.58 bits per heavy atom. The number of ketones is 1. The molecule has 38 heavy (non-hydrogen) atoms. The Morgan fingerprint density at radius 1 is 0.895 bits per heavy atom. The molecule has 0 bridgehead atoms. The van der Waals surface area contributed by atoms with Gasteiger partial charge in [0.1, 0.15) is 0 Å². The number of allylic oxidation sites excluding steroid dienone is 1. The van der Waals surface area contributed by atoms with Gasteiger partial charge in [0.25, 0.3) is 0 Å². The fourth-order valence-corrected chi connectivity index (χ4v) is 4.21. The maximum absolute atomic E-state index is 14.6. The molecule has 0 saturated carbocycles. The molecule has 0 aliphatic carbocycles. The second-order valence-electron chi connectivity index (χ2n) is 8.38. The molecule has 1 N–H and O–H groups in total. The Morgan fingerprint density at radius 3 is 2.24 bits per heavy atom. The minimum Gasteiger partial charge on any atom is -0.494 e. The fraction of sp³-hybridized carbons (Fsp3) is 0.167. The van der Waals surface area contributed by atoms with Gasteiger partial charge in [-0.3, -0.25) is 4.79 Å². The predicted molar refractivity (Wildman–Crippen MR) is 148 cm³/mol. The van der Waals surface area contributed by atoms with Crippen LogP contribution < -0.4 is 24.3 Å². The van der Waals surface area contributed by atoms with E-state index < -0.39 is 5.82 Å². The molecule has 0 atom stereocenters. The number of fused-ring (bicyclic) bond motifs is 1. The first-order chi connectivity index (χ1) is 18.4. The summed E-state index contributed by atoms with van der Waals surface area (Å²) in [6.45, 7) is 0. The quantitative estimate of drug-likeness (QED) is 0.151. The molecule has 1 heterocycles. The zero-order chi connectivity index (χ0) is 27.2. The van der Waals surface area contributed by atoms with Crippen molar-refractivity contribution < 1.29 is 28.1 Å². The summed E-state index contributed by atoms with van der Waals surface area (Å²) < 4.78 is 37.9. The summed E-state index contributed by atoms with van der Waals surface area (Å²) in [5.74, 6) is 0.884. The number of carbonyl (C=O) groups excluding carboxylic acids is 1. The Hall–Kier alpha value is -4.72. The highest BCUT2D eigenvalue weighted by molar-refractivity contribution is 6.13. The Balaban J connectivity index is 1.63. The largest absolute Gasteiger partial charge is 0.494 e. The summed E-state index contributed by atoms with van der Waals surface area (Å²) >= 11 is 0. The third-order valence-electron chi connectivity index (χ3n) is 6.10.